The van der Waals surface area contributed by atoms with Crippen LogP contribution in [-0.2, 0) is 22.7 Å². The minimum Gasteiger partial charge on any atom is -0.489 e. The number of nitrogens with zero attached hydrogens (tertiary/aromatic N) is 1. The van der Waals surface area contributed by atoms with Crippen molar-refractivity contribution in [2.45, 2.75) is 32.4 Å². The third-order valence-corrected chi connectivity index (χ3v) is 5.00. The SMILES string of the molecule is Ic1ccc(OCc2ccc(CN3CCCCC3)cc2)cc1.O=C(O)C(=O)O. The first-order valence-corrected chi connectivity index (χ1v) is 10.2. The second-order valence-electron chi connectivity index (χ2n) is 6.51. The number of hydrogen-bond donors (Lipinski definition) is 2. The van der Waals surface area contributed by atoms with Gasteiger partial charge in [0.15, 0.2) is 0 Å². The summed E-state index contributed by atoms with van der Waals surface area (Å²) in [6.45, 7) is 4.21. The van der Waals surface area contributed by atoms with E-state index in [0.29, 0.717) is 6.61 Å². The van der Waals surface area contributed by atoms with E-state index in [9.17, 15) is 0 Å². The zero-order chi connectivity index (χ0) is 20.4. The summed E-state index contributed by atoms with van der Waals surface area (Å²) in [6, 6.07) is 17.0. The minimum absolute atomic E-state index is 0.630. The van der Waals surface area contributed by atoms with Crippen molar-refractivity contribution in [3.63, 3.8) is 0 Å². The van der Waals surface area contributed by atoms with Crippen LogP contribution in [0.5, 0.6) is 5.75 Å². The van der Waals surface area contributed by atoms with E-state index in [0.717, 1.165) is 12.3 Å². The van der Waals surface area contributed by atoms with Gasteiger partial charge >= 0.3 is 11.9 Å². The summed E-state index contributed by atoms with van der Waals surface area (Å²) in [7, 11) is 0. The molecule has 2 aromatic carbocycles. The van der Waals surface area contributed by atoms with Crippen molar-refractivity contribution in [3.05, 3.63) is 63.2 Å². The van der Waals surface area contributed by atoms with Gasteiger partial charge in [0.25, 0.3) is 0 Å². The Morgan fingerprint density at radius 2 is 1.39 bits per heavy atom. The largest absolute Gasteiger partial charge is 0.489 e. The summed E-state index contributed by atoms with van der Waals surface area (Å²) in [5.41, 5.74) is 2.63. The molecular formula is C21H24INO5. The van der Waals surface area contributed by atoms with Crippen molar-refractivity contribution in [1.82, 2.24) is 4.90 Å². The molecule has 1 aliphatic heterocycles. The van der Waals surface area contributed by atoms with Crippen molar-refractivity contribution >= 4 is 34.5 Å². The van der Waals surface area contributed by atoms with Gasteiger partial charge in [-0.25, -0.2) is 9.59 Å². The first-order chi connectivity index (χ1) is 13.4. The molecule has 2 aromatic rings. The van der Waals surface area contributed by atoms with Gasteiger partial charge in [-0.3, -0.25) is 4.90 Å². The zero-order valence-electron chi connectivity index (χ0n) is 15.5. The predicted molar refractivity (Wildman–Crippen MR) is 114 cm³/mol. The van der Waals surface area contributed by atoms with E-state index >= 15 is 0 Å². The molecule has 150 valence electrons. The van der Waals surface area contributed by atoms with E-state index in [1.165, 1.54) is 47.0 Å². The van der Waals surface area contributed by atoms with Crippen molar-refractivity contribution in [2.24, 2.45) is 0 Å². The number of halogens is 1. The second kappa shape index (κ2) is 11.7. The Kier molecular flexibility index (Phi) is 9.22. The molecule has 0 amide bonds. The molecule has 0 spiro atoms. The van der Waals surface area contributed by atoms with Gasteiger partial charge in [0.05, 0.1) is 0 Å². The molecule has 2 N–H and O–H groups in total. The summed E-state index contributed by atoms with van der Waals surface area (Å²) in [4.78, 5) is 20.8. The van der Waals surface area contributed by atoms with Crippen LogP contribution < -0.4 is 4.74 Å². The number of piperidine rings is 1. The van der Waals surface area contributed by atoms with Crippen LogP contribution in [0.15, 0.2) is 48.5 Å². The second-order valence-corrected chi connectivity index (χ2v) is 7.75. The molecule has 6 nitrogen and oxygen atoms in total. The fourth-order valence-electron chi connectivity index (χ4n) is 2.81. The number of hydrogen-bond acceptors (Lipinski definition) is 4. The van der Waals surface area contributed by atoms with Crippen LogP contribution in [0.3, 0.4) is 0 Å². The lowest BCUT2D eigenvalue weighted by atomic mass is 10.1. The first-order valence-electron chi connectivity index (χ1n) is 9.09. The van der Waals surface area contributed by atoms with Crippen molar-refractivity contribution in [2.75, 3.05) is 13.1 Å². The van der Waals surface area contributed by atoms with E-state index in [2.05, 4.69) is 63.9 Å². The van der Waals surface area contributed by atoms with E-state index < -0.39 is 11.9 Å². The van der Waals surface area contributed by atoms with Crippen LogP contribution in [0.25, 0.3) is 0 Å². The number of carbonyl (C=O) groups is 2. The van der Waals surface area contributed by atoms with E-state index in [4.69, 9.17) is 24.5 Å². The van der Waals surface area contributed by atoms with E-state index in [-0.39, 0.29) is 0 Å². The topological polar surface area (TPSA) is 87.1 Å². The molecule has 3 rings (SSSR count). The number of likely N-dealkylation sites (tertiary alicyclic amines) is 1. The summed E-state index contributed by atoms with van der Waals surface area (Å²) in [5.74, 6) is -2.72. The zero-order valence-corrected chi connectivity index (χ0v) is 17.7. The van der Waals surface area contributed by atoms with Gasteiger partial charge in [0.1, 0.15) is 12.4 Å². The number of carboxylic acid groups (broad SMARTS) is 2. The van der Waals surface area contributed by atoms with Gasteiger partial charge < -0.3 is 14.9 Å². The molecule has 0 aromatic heterocycles. The highest BCUT2D eigenvalue weighted by Crippen LogP contribution is 2.17. The first kappa shape index (κ1) is 22.2. The summed E-state index contributed by atoms with van der Waals surface area (Å²) in [6.07, 6.45) is 4.09. The van der Waals surface area contributed by atoms with E-state index in [1.807, 2.05) is 12.1 Å². The third kappa shape index (κ3) is 8.26. The van der Waals surface area contributed by atoms with Gasteiger partial charge in [0, 0.05) is 10.1 Å². The molecular weight excluding hydrogens is 473 g/mol. The summed E-state index contributed by atoms with van der Waals surface area (Å²) < 4.78 is 7.05. The fraction of sp³-hybridized carbons (Fsp3) is 0.333. The molecule has 1 fully saturated rings. The Hall–Kier alpha value is -2.13. The number of aliphatic carboxylic acids is 2. The number of carboxylic acids is 2. The summed E-state index contributed by atoms with van der Waals surface area (Å²) in [5, 5.41) is 14.8. The molecule has 1 saturated heterocycles. The standard InChI is InChI=1S/C19H22INO.C2H2O4/c20-18-8-10-19(11-9-18)22-15-17-6-4-16(5-7-17)14-21-12-2-1-3-13-21;3-1(4)2(5)6/h4-11H,1-3,12-15H2;(H,3,4)(H,5,6). The van der Waals surface area contributed by atoms with Gasteiger partial charge in [-0.1, -0.05) is 30.7 Å². The highest BCUT2D eigenvalue weighted by molar-refractivity contribution is 14.1. The minimum atomic E-state index is -1.82. The van der Waals surface area contributed by atoms with Crippen molar-refractivity contribution in [1.29, 1.82) is 0 Å². The Morgan fingerprint density at radius 3 is 1.93 bits per heavy atom. The van der Waals surface area contributed by atoms with Crippen LogP contribution in [0, 0.1) is 3.57 Å². The average molecular weight is 497 g/mol. The van der Waals surface area contributed by atoms with Gasteiger partial charge in [0.2, 0.25) is 0 Å². The molecule has 7 heteroatoms. The lowest BCUT2D eigenvalue weighted by molar-refractivity contribution is -0.159. The molecule has 1 aliphatic rings. The van der Waals surface area contributed by atoms with Crippen molar-refractivity contribution < 1.29 is 24.5 Å². The highest BCUT2D eigenvalue weighted by Gasteiger charge is 2.10. The highest BCUT2D eigenvalue weighted by atomic mass is 127. The molecule has 0 aliphatic carbocycles. The maximum atomic E-state index is 9.10. The number of rotatable bonds is 5. The van der Waals surface area contributed by atoms with Crippen LogP contribution in [0.2, 0.25) is 0 Å². The third-order valence-electron chi connectivity index (χ3n) is 4.28. The predicted octanol–water partition coefficient (Wildman–Crippen LogP) is 4.01. The molecule has 0 bridgehead atoms. The Morgan fingerprint density at radius 1 is 0.857 bits per heavy atom. The maximum absolute atomic E-state index is 9.10. The molecule has 0 unspecified atom stereocenters. The monoisotopic (exact) mass is 497 g/mol. The lowest BCUT2D eigenvalue weighted by Crippen LogP contribution is -2.29. The Labute approximate surface area is 178 Å². The van der Waals surface area contributed by atoms with E-state index in [1.54, 1.807) is 0 Å². The maximum Gasteiger partial charge on any atom is 0.414 e. The van der Waals surface area contributed by atoms with Gasteiger partial charge in [-0.15, -0.1) is 0 Å². The van der Waals surface area contributed by atoms with Gasteiger partial charge in [-0.05, 0) is 83.9 Å². The van der Waals surface area contributed by atoms with Gasteiger partial charge in [-0.2, -0.15) is 0 Å². The quantitative estimate of drug-likeness (QED) is 0.480. The Bertz CT molecular complexity index is 743. The summed E-state index contributed by atoms with van der Waals surface area (Å²) >= 11 is 2.30. The van der Waals surface area contributed by atoms with Crippen LogP contribution >= 0.6 is 22.6 Å². The van der Waals surface area contributed by atoms with Crippen LogP contribution in [-0.4, -0.2) is 40.1 Å². The van der Waals surface area contributed by atoms with Crippen molar-refractivity contribution in [3.8, 4) is 5.75 Å². The number of ether oxygens (including phenoxy) is 1. The molecule has 0 radical (unpaired) electrons. The smallest absolute Gasteiger partial charge is 0.414 e. The normalized spacial score (nSPS) is 13.9. The molecule has 0 atom stereocenters. The van der Waals surface area contributed by atoms with Crippen LogP contribution in [0.1, 0.15) is 30.4 Å². The fourth-order valence-corrected chi connectivity index (χ4v) is 3.17. The lowest BCUT2D eigenvalue weighted by Gasteiger charge is -2.26. The molecule has 28 heavy (non-hydrogen) atoms. The average Bonchev–Trinajstić information content (AvgIpc) is 2.70. The van der Waals surface area contributed by atoms with Crippen LogP contribution in [0.4, 0.5) is 0 Å². The number of benzene rings is 2. The molecule has 1 heterocycles. The Balaban J connectivity index is 0.000000409. The molecule has 0 saturated carbocycles.